The van der Waals surface area contributed by atoms with E-state index in [2.05, 4.69) is 10.2 Å². The van der Waals surface area contributed by atoms with Crippen molar-refractivity contribution in [1.82, 2.24) is 10.2 Å². The van der Waals surface area contributed by atoms with E-state index in [-0.39, 0.29) is 17.8 Å². The molecule has 1 amide bonds. The number of piperidine rings is 1. The van der Waals surface area contributed by atoms with Crippen LogP contribution < -0.4 is 5.32 Å². The third kappa shape index (κ3) is 4.41. The summed E-state index contributed by atoms with van der Waals surface area (Å²) in [5.74, 6) is 0.716. The molecular weight excluding hydrogens is 355 g/mol. The summed E-state index contributed by atoms with van der Waals surface area (Å²) in [6.07, 6.45) is 8.93. The van der Waals surface area contributed by atoms with Gasteiger partial charge in [0.25, 0.3) is 0 Å². The molecule has 4 nitrogen and oxygen atoms in total. The zero-order valence-electron chi connectivity index (χ0n) is 16.8. The number of nitrogens with one attached hydrogen (secondary N) is 1. The van der Waals surface area contributed by atoms with Crippen LogP contribution in [0.3, 0.4) is 0 Å². The van der Waals surface area contributed by atoms with Gasteiger partial charge in [0.1, 0.15) is 5.82 Å². The van der Waals surface area contributed by atoms with Gasteiger partial charge in [0.15, 0.2) is 0 Å². The van der Waals surface area contributed by atoms with Crippen molar-refractivity contribution >= 4 is 5.91 Å². The quantitative estimate of drug-likeness (QED) is 0.837. The fourth-order valence-electron chi connectivity index (χ4n) is 5.28. The summed E-state index contributed by atoms with van der Waals surface area (Å²) in [4.78, 5) is 15.9. The van der Waals surface area contributed by atoms with Crippen LogP contribution in [0.15, 0.2) is 24.3 Å². The average Bonchev–Trinajstić information content (AvgIpc) is 3.23. The molecule has 3 fully saturated rings. The lowest BCUT2D eigenvalue weighted by molar-refractivity contribution is -0.131. The maximum Gasteiger partial charge on any atom is 0.231 e. The Balaban J connectivity index is 1.36. The van der Waals surface area contributed by atoms with Crippen molar-refractivity contribution in [1.29, 1.82) is 0 Å². The topological polar surface area (TPSA) is 41.6 Å². The van der Waals surface area contributed by atoms with E-state index in [0.29, 0.717) is 26.1 Å². The fourth-order valence-corrected chi connectivity index (χ4v) is 5.28. The number of carbonyl (C=O) groups excluding carboxylic acids is 1. The first-order chi connectivity index (χ1) is 13.7. The zero-order chi connectivity index (χ0) is 19.4. The van der Waals surface area contributed by atoms with Crippen LogP contribution in [0.1, 0.15) is 56.9 Å². The lowest BCUT2D eigenvalue weighted by atomic mass is 9.73. The molecule has 1 N–H and O–H groups in total. The summed E-state index contributed by atoms with van der Waals surface area (Å²) in [5, 5.41) is 3.34. The molecule has 1 saturated carbocycles. The monoisotopic (exact) mass is 388 g/mol. The number of nitrogens with zero attached hydrogens (tertiary/aromatic N) is 1. The lowest BCUT2D eigenvalue weighted by Crippen LogP contribution is -2.53. The predicted octanol–water partition coefficient (Wildman–Crippen LogP) is 3.64. The number of halogens is 1. The molecule has 154 valence electrons. The van der Waals surface area contributed by atoms with E-state index >= 15 is 0 Å². The highest BCUT2D eigenvalue weighted by Crippen LogP contribution is 2.36. The summed E-state index contributed by atoms with van der Waals surface area (Å²) < 4.78 is 18.9. The van der Waals surface area contributed by atoms with Crippen molar-refractivity contribution in [3.8, 4) is 0 Å². The minimum Gasteiger partial charge on any atom is -0.381 e. The molecule has 28 heavy (non-hydrogen) atoms. The van der Waals surface area contributed by atoms with Gasteiger partial charge in [-0.3, -0.25) is 4.79 Å². The number of carbonyl (C=O) groups is 1. The molecule has 3 aliphatic rings. The molecule has 0 unspecified atom stereocenters. The minimum absolute atomic E-state index is 0.0941. The van der Waals surface area contributed by atoms with Crippen molar-refractivity contribution in [2.75, 3.05) is 32.8 Å². The Morgan fingerprint density at radius 3 is 2.36 bits per heavy atom. The third-order valence-electron chi connectivity index (χ3n) is 7.09. The van der Waals surface area contributed by atoms with Crippen LogP contribution in [0.5, 0.6) is 0 Å². The number of hydrogen-bond acceptors (Lipinski definition) is 3. The summed E-state index contributed by atoms with van der Waals surface area (Å²) in [6.45, 7) is 4.54. The highest BCUT2D eigenvalue weighted by Gasteiger charge is 2.42. The van der Waals surface area contributed by atoms with Crippen LogP contribution in [0.2, 0.25) is 0 Å². The Bertz CT molecular complexity index is 643. The Hall–Kier alpha value is -1.46. The van der Waals surface area contributed by atoms with Gasteiger partial charge in [0.05, 0.1) is 5.41 Å². The molecule has 5 heteroatoms. The predicted molar refractivity (Wildman–Crippen MR) is 108 cm³/mol. The molecule has 4 rings (SSSR count). The van der Waals surface area contributed by atoms with Gasteiger partial charge in [0, 0.05) is 38.9 Å². The van der Waals surface area contributed by atoms with Gasteiger partial charge in [-0.15, -0.1) is 0 Å². The van der Waals surface area contributed by atoms with Crippen LogP contribution in [-0.4, -0.2) is 49.7 Å². The number of rotatable bonds is 5. The number of ether oxygens (including phenoxy) is 1. The highest BCUT2D eigenvalue weighted by atomic mass is 19.1. The maximum absolute atomic E-state index is 13.4. The molecule has 1 aromatic rings. The largest absolute Gasteiger partial charge is 0.381 e. The molecule has 0 atom stereocenters. The molecular formula is C23H33FN2O2. The summed E-state index contributed by atoms with van der Waals surface area (Å²) in [5.41, 5.74) is 0.320. The smallest absolute Gasteiger partial charge is 0.231 e. The van der Waals surface area contributed by atoms with Gasteiger partial charge < -0.3 is 15.0 Å². The first-order valence-electron chi connectivity index (χ1n) is 11.0. The normalized spacial score (nSPS) is 24.3. The molecule has 2 aliphatic heterocycles. The number of amides is 1. The first-order valence-corrected chi connectivity index (χ1v) is 11.0. The molecule has 0 spiro atoms. The van der Waals surface area contributed by atoms with Gasteiger partial charge in [-0.1, -0.05) is 25.0 Å². The van der Waals surface area contributed by atoms with E-state index in [0.717, 1.165) is 37.4 Å². The maximum atomic E-state index is 13.4. The SMILES string of the molecule is O=C(NC1CCN(CC2CCCC2)CC1)C1(c2ccc(F)cc2)CCOCC1. The molecule has 0 radical (unpaired) electrons. The van der Waals surface area contributed by atoms with Gasteiger partial charge >= 0.3 is 0 Å². The van der Waals surface area contributed by atoms with Crippen molar-refractivity contribution in [2.45, 2.75) is 62.8 Å². The van der Waals surface area contributed by atoms with Gasteiger partial charge in [-0.25, -0.2) is 4.39 Å². The zero-order valence-corrected chi connectivity index (χ0v) is 16.8. The van der Waals surface area contributed by atoms with E-state index < -0.39 is 5.41 Å². The summed E-state index contributed by atoms with van der Waals surface area (Å²) in [7, 11) is 0. The lowest BCUT2D eigenvalue weighted by Gasteiger charge is -2.39. The second-order valence-corrected chi connectivity index (χ2v) is 8.90. The van der Waals surface area contributed by atoms with Gasteiger partial charge in [0.2, 0.25) is 5.91 Å². The number of hydrogen-bond donors (Lipinski definition) is 1. The van der Waals surface area contributed by atoms with E-state index in [1.165, 1.54) is 44.4 Å². The molecule has 1 aliphatic carbocycles. The van der Waals surface area contributed by atoms with Gasteiger partial charge in [-0.05, 0) is 62.1 Å². The Labute approximate surface area is 167 Å². The second-order valence-electron chi connectivity index (χ2n) is 8.90. The van der Waals surface area contributed by atoms with E-state index in [1.54, 1.807) is 12.1 Å². The minimum atomic E-state index is -0.590. The van der Waals surface area contributed by atoms with Gasteiger partial charge in [-0.2, -0.15) is 0 Å². The standard InChI is InChI=1S/C23H33FN2O2/c24-20-7-5-19(6-8-20)23(11-15-28-16-12-23)22(27)25-21-9-13-26(14-10-21)17-18-3-1-2-4-18/h5-8,18,21H,1-4,9-17H2,(H,25,27). The Morgan fingerprint density at radius 1 is 1.07 bits per heavy atom. The number of benzene rings is 1. The van der Waals surface area contributed by atoms with E-state index in [1.807, 2.05) is 0 Å². The van der Waals surface area contributed by atoms with Crippen LogP contribution in [0.25, 0.3) is 0 Å². The summed E-state index contributed by atoms with van der Waals surface area (Å²) >= 11 is 0. The first kappa shape index (κ1) is 19.8. The van der Waals surface area contributed by atoms with Crippen molar-refractivity contribution in [3.05, 3.63) is 35.6 Å². The summed E-state index contributed by atoms with van der Waals surface area (Å²) in [6, 6.07) is 6.70. The van der Waals surface area contributed by atoms with E-state index in [9.17, 15) is 9.18 Å². The molecule has 0 bridgehead atoms. The number of likely N-dealkylation sites (tertiary alicyclic amines) is 1. The van der Waals surface area contributed by atoms with Crippen LogP contribution in [0, 0.1) is 11.7 Å². The Morgan fingerprint density at radius 2 is 1.71 bits per heavy atom. The second kappa shape index (κ2) is 8.91. The van der Waals surface area contributed by atoms with Crippen molar-refractivity contribution in [3.63, 3.8) is 0 Å². The third-order valence-corrected chi connectivity index (χ3v) is 7.09. The van der Waals surface area contributed by atoms with Crippen LogP contribution in [0.4, 0.5) is 4.39 Å². The van der Waals surface area contributed by atoms with E-state index in [4.69, 9.17) is 4.74 Å². The molecule has 2 saturated heterocycles. The highest BCUT2D eigenvalue weighted by molar-refractivity contribution is 5.88. The van der Waals surface area contributed by atoms with Crippen molar-refractivity contribution < 1.29 is 13.9 Å². The molecule has 1 aromatic carbocycles. The van der Waals surface area contributed by atoms with Crippen molar-refractivity contribution in [2.24, 2.45) is 5.92 Å². The fraction of sp³-hybridized carbons (Fsp3) is 0.696. The molecule has 0 aromatic heterocycles. The molecule has 2 heterocycles. The Kier molecular flexibility index (Phi) is 6.32. The average molecular weight is 389 g/mol. The van der Waals surface area contributed by atoms with Crippen LogP contribution >= 0.6 is 0 Å². The van der Waals surface area contributed by atoms with Crippen LogP contribution in [-0.2, 0) is 14.9 Å².